The second-order valence-electron chi connectivity index (χ2n) is 9.94. The fourth-order valence-corrected chi connectivity index (χ4v) is 3.91. The zero-order valence-corrected chi connectivity index (χ0v) is 22.5. The Morgan fingerprint density at radius 2 is 1.62 bits per heavy atom. The predicted octanol–water partition coefficient (Wildman–Crippen LogP) is 4.66. The highest BCUT2D eigenvalue weighted by Crippen LogP contribution is 2.29. The Hall–Kier alpha value is -4.67. The molecule has 5 rings (SSSR count). The lowest BCUT2D eigenvalue weighted by atomic mass is 9.79. The van der Waals surface area contributed by atoms with E-state index in [1.807, 2.05) is 60.7 Å². The molecule has 0 saturated heterocycles. The van der Waals surface area contributed by atoms with Crippen LogP contribution in [0.3, 0.4) is 0 Å². The maximum Gasteiger partial charge on any atom is 0.490 e. The first-order valence-electron chi connectivity index (χ1n) is 12.7. The highest BCUT2D eigenvalue weighted by Gasteiger charge is 2.20. The number of nitrogens with two attached hydrogens (primary N) is 1. The number of fused-ring (bicyclic) bond motifs is 3. The van der Waals surface area contributed by atoms with Crippen molar-refractivity contribution in [2.24, 2.45) is 0 Å². The van der Waals surface area contributed by atoms with Crippen LogP contribution in [0.2, 0.25) is 0 Å². The van der Waals surface area contributed by atoms with Crippen LogP contribution in [-0.4, -0.2) is 38.8 Å². The lowest BCUT2D eigenvalue weighted by Crippen LogP contribution is -2.35. The summed E-state index contributed by atoms with van der Waals surface area (Å²) in [5.74, 6) is 1.16. The van der Waals surface area contributed by atoms with Gasteiger partial charge in [-0.25, -0.2) is 14.8 Å². The molecule has 0 atom stereocenters. The molecule has 0 saturated carbocycles. The molecule has 1 amide bonds. The molecule has 5 aromatic rings. The van der Waals surface area contributed by atoms with E-state index in [2.05, 4.69) is 15.3 Å². The average molecular weight is 538 g/mol. The smallest absolute Gasteiger partial charge is 0.487 e. The van der Waals surface area contributed by atoms with Crippen LogP contribution < -0.4 is 21.3 Å². The van der Waals surface area contributed by atoms with Gasteiger partial charge in [0.2, 0.25) is 0 Å². The monoisotopic (exact) mass is 538 g/mol. The third-order valence-corrected chi connectivity index (χ3v) is 5.66. The number of nitrogen functional groups attached to an aromatic ring is 1. The molecular formula is C30H31BN4O5. The highest BCUT2D eigenvalue weighted by atomic mass is 16.6. The molecule has 40 heavy (non-hydrogen) atoms. The highest BCUT2D eigenvalue weighted by molar-refractivity contribution is 6.60. The molecule has 5 N–H and O–H groups in total. The lowest BCUT2D eigenvalue weighted by molar-refractivity contribution is 0.0636. The minimum atomic E-state index is -1.64. The number of rotatable bonds is 5. The molecule has 2 heterocycles. The van der Waals surface area contributed by atoms with E-state index in [4.69, 9.17) is 25.3 Å². The first kappa shape index (κ1) is 28.3. The van der Waals surface area contributed by atoms with E-state index in [-0.39, 0.29) is 5.46 Å². The minimum absolute atomic E-state index is 0.221. The molecule has 0 radical (unpaired) electrons. The Morgan fingerprint density at radius 1 is 0.950 bits per heavy atom. The maximum absolute atomic E-state index is 11.5. The number of hydrogen-bond donors (Lipinski definition) is 4. The van der Waals surface area contributed by atoms with Crippen LogP contribution in [0.5, 0.6) is 5.75 Å². The number of ether oxygens (including phenoxy) is 2. The quantitative estimate of drug-likeness (QED) is 0.187. The number of benzene rings is 3. The first-order chi connectivity index (χ1) is 19.1. The molecule has 3 aromatic carbocycles. The largest absolute Gasteiger partial charge is 0.490 e. The second kappa shape index (κ2) is 12.5. The molecule has 0 aliphatic carbocycles. The summed E-state index contributed by atoms with van der Waals surface area (Å²) in [6.07, 6.45) is 1.06. The molecule has 204 valence electrons. The van der Waals surface area contributed by atoms with E-state index in [9.17, 15) is 4.79 Å². The number of carbonyl (C=O) groups excluding carboxylic acids is 1. The number of carbonyl (C=O) groups is 1. The SMILES string of the molecule is CC(C)(C)OC(=O)Nc1ccccc1B(O)O.Nc1nc2ccccc2c2cc(OCc3ccccc3)cnc12. The van der Waals surface area contributed by atoms with Crippen molar-refractivity contribution in [2.75, 3.05) is 11.1 Å². The molecule has 0 aliphatic heterocycles. The third-order valence-electron chi connectivity index (χ3n) is 5.66. The normalized spacial score (nSPS) is 10.9. The second-order valence-corrected chi connectivity index (χ2v) is 9.94. The van der Waals surface area contributed by atoms with Crippen molar-refractivity contribution in [2.45, 2.75) is 33.0 Å². The average Bonchev–Trinajstić information content (AvgIpc) is 2.92. The third kappa shape index (κ3) is 7.46. The van der Waals surface area contributed by atoms with Gasteiger partial charge in [-0.05, 0) is 44.5 Å². The van der Waals surface area contributed by atoms with E-state index in [1.165, 1.54) is 6.07 Å². The van der Waals surface area contributed by atoms with Gasteiger partial charge in [-0.2, -0.15) is 0 Å². The van der Waals surface area contributed by atoms with Crippen LogP contribution in [0.15, 0.2) is 91.1 Å². The summed E-state index contributed by atoms with van der Waals surface area (Å²) in [4.78, 5) is 20.3. The van der Waals surface area contributed by atoms with Crippen LogP contribution >= 0.6 is 0 Å². The zero-order chi connectivity index (χ0) is 28.7. The van der Waals surface area contributed by atoms with E-state index in [0.29, 0.717) is 23.6 Å². The van der Waals surface area contributed by atoms with Crippen molar-refractivity contribution in [3.63, 3.8) is 0 Å². The van der Waals surface area contributed by atoms with E-state index in [1.54, 1.807) is 45.2 Å². The molecule has 2 aromatic heterocycles. The van der Waals surface area contributed by atoms with Crippen LogP contribution in [0.4, 0.5) is 16.3 Å². The number of hydrogen-bond acceptors (Lipinski definition) is 8. The number of nitrogens with zero attached hydrogens (tertiary/aromatic N) is 2. The minimum Gasteiger partial charge on any atom is -0.487 e. The van der Waals surface area contributed by atoms with Gasteiger partial charge in [0.1, 0.15) is 23.5 Å². The topological polar surface area (TPSA) is 140 Å². The van der Waals surface area contributed by atoms with Gasteiger partial charge >= 0.3 is 13.2 Å². The van der Waals surface area contributed by atoms with Gasteiger partial charge in [0, 0.05) is 21.9 Å². The molecule has 0 bridgehead atoms. The van der Waals surface area contributed by atoms with Gasteiger partial charge < -0.3 is 25.3 Å². The zero-order valence-electron chi connectivity index (χ0n) is 22.5. The summed E-state index contributed by atoms with van der Waals surface area (Å²) in [7, 11) is -1.64. The fraction of sp³-hybridized carbons (Fsp3) is 0.167. The molecule has 0 fully saturated rings. The van der Waals surface area contributed by atoms with Gasteiger partial charge in [0.25, 0.3) is 0 Å². The summed E-state index contributed by atoms with van der Waals surface area (Å²) in [5, 5.41) is 22.7. The molecule has 0 spiro atoms. The van der Waals surface area contributed by atoms with Crippen molar-refractivity contribution in [1.82, 2.24) is 9.97 Å². The Labute approximate surface area is 232 Å². The Morgan fingerprint density at radius 3 is 2.35 bits per heavy atom. The van der Waals surface area contributed by atoms with Crippen LogP contribution in [0, 0.1) is 0 Å². The van der Waals surface area contributed by atoms with Crippen LogP contribution in [0.25, 0.3) is 21.8 Å². The molecular weight excluding hydrogens is 507 g/mol. The Bertz CT molecular complexity index is 1610. The van der Waals surface area contributed by atoms with Gasteiger partial charge in [-0.3, -0.25) is 5.32 Å². The fourth-order valence-electron chi connectivity index (χ4n) is 3.91. The number of pyridine rings is 2. The number of aromatic nitrogens is 2. The van der Waals surface area contributed by atoms with Gasteiger partial charge in [-0.1, -0.05) is 66.7 Å². The summed E-state index contributed by atoms with van der Waals surface area (Å²) < 4.78 is 10.9. The van der Waals surface area contributed by atoms with Crippen LogP contribution in [-0.2, 0) is 11.3 Å². The van der Waals surface area contributed by atoms with Crippen molar-refractivity contribution in [3.8, 4) is 5.75 Å². The van der Waals surface area contributed by atoms with Gasteiger partial charge in [0.05, 0.1) is 11.7 Å². The summed E-state index contributed by atoms with van der Waals surface area (Å²) in [6.45, 7) is 5.75. The number of para-hydroxylation sites is 2. The molecule has 0 unspecified atom stereocenters. The van der Waals surface area contributed by atoms with Crippen molar-refractivity contribution in [3.05, 3.63) is 96.7 Å². The standard InChI is InChI=1S/C19H15N3O.C11H16BNO4/c20-19-18-16(15-8-4-5-9-17(15)22-19)10-14(11-21-18)23-12-13-6-2-1-3-7-13;1-11(2,3)17-10(14)13-9-7-5-4-6-8(9)12(15)16/h1-11H,12H2,(H2,20,22);4-7,15-16H,1-3H3,(H,13,14). The van der Waals surface area contributed by atoms with E-state index in [0.717, 1.165) is 27.6 Å². The Kier molecular flexibility index (Phi) is 8.83. The Balaban J connectivity index is 0.000000195. The van der Waals surface area contributed by atoms with Gasteiger partial charge in [0.15, 0.2) is 5.82 Å². The summed E-state index contributed by atoms with van der Waals surface area (Å²) >= 11 is 0. The molecule has 10 heteroatoms. The number of anilines is 2. The summed E-state index contributed by atoms with van der Waals surface area (Å²) in [6, 6.07) is 26.3. The molecule has 9 nitrogen and oxygen atoms in total. The molecule has 0 aliphatic rings. The van der Waals surface area contributed by atoms with E-state index < -0.39 is 18.8 Å². The van der Waals surface area contributed by atoms with Crippen molar-refractivity contribution >= 4 is 52.0 Å². The maximum atomic E-state index is 11.5. The number of nitrogens with one attached hydrogen (secondary N) is 1. The van der Waals surface area contributed by atoms with Gasteiger partial charge in [-0.15, -0.1) is 0 Å². The number of amides is 1. The van der Waals surface area contributed by atoms with Crippen molar-refractivity contribution in [1.29, 1.82) is 0 Å². The lowest BCUT2D eigenvalue weighted by Gasteiger charge is -2.20. The van der Waals surface area contributed by atoms with Crippen LogP contribution in [0.1, 0.15) is 26.3 Å². The first-order valence-corrected chi connectivity index (χ1v) is 12.7. The van der Waals surface area contributed by atoms with E-state index >= 15 is 0 Å². The van der Waals surface area contributed by atoms with Crippen molar-refractivity contribution < 1.29 is 24.3 Å². The predicted molar refractivity (Wildman–Crippen MR) is 158 cm³/mol. The summed E-state index contributed by atoms with van der Waals surface area (Å²) in [5.41, 5.74) is 8.64.